The molecule has 0 amide bonds. The third-order valence-electron chi connectivity index (χ3n) is 3.88. The van der Waals surface area contributed by atoms with Gasteiger partial charge in [0, 0.05) is 38.1 Å². The number of nitrogens with zero attached hydrogens (tertiary/aromatic N) is 3. The van der Waals surface area contributed by atoms with Gasteiger partial charge in [0.15, 0.2) is 0 Å². The van der Waals surface area contributed by atoms with E-state index in [1.807, 2.05) is 0 Å². The Morgan fingerprint density at radius 1 is 1.47 bits per heavy atom. The molecular weight excluding hydrogens is 236 g/mol. The molecule has 2 aromatic heterocycles. The summed E-state index contributed by atoms with van der Waals surface area (Å²) in [7, 11) is 0. The molecule has 19 heavy (non-hydrogen) atoms. The van der Waals surface area contributed by atoms with Crippen molar-refractivity contribution in [1.82, 2.24) is 19.6 Å². The summed E-state index contributed by atoms with van der Waals surface area (Å²) >= 11 is 0. The van der Waals surface area contributed by atoms with E-state index < -0.39 is 0 Å². The second-order valence-corrected chi connectivity index (χ2v) is 5.44. The highest BCUT2D eigenvalue weighted by Crippen LogP contribution is 2.14. The molecule has 2 aromatic rings. The molecule has 0 bridgehead atoms. The third kappa shape index (κ3) is 2.51. The van der Waals surface area contributed by atoms with Crippen LogP contribution in [0, 0.1) is 6.92 Å². The van der Waals surface area contributed by atoms with Gasteiger partial charge >= 0.3 is 0 Å². The highest BCUT2D eigenvalue weighted by Gasteiger charge is 2.24. The predicted molar refractivity (Wildman–Crippen MR) is 77.3 cm³/mol. The summed E-state index contributed by atoms with van der Waals surface area (Å²) in [5.41, 5.74) is 3.50. The van der Waals surface area contributed by atoms with Gasteiger partial charge < -0.3 is 9.72 Å². The average molecular weight is 258 g/mol. The minimum Gasteiger partial charge on any atom is -0.314 e. The maximum absolute atomic E-state index is 4.78. The van der Waals surface area contributed by atoms with Crippen molar-refractivity contribution >= 4 is 5.65 Å². The van der Waals surface area contributed by atoms with Crippen LogP contribution in [0.3, 0.4) is 0 Å². The van der Waals surface area contributed by atoms with Crippen LogP contribution in [-0.4, -0.2) is 40.0 Å². The number of rotatable bonds is 5. The van der Waals surface area contributed by atoms with E-state index in [1.165, 1.54) is 17.7 Å². The second-order valence-electron chi connectivity index (χ2n) is 5.44. The fraction of sp³-hybridized carbons (Fsp3) is 0.533. The fourth-order valence-corrected chi connectivity index (χ4v) is 2.70. The SMILES string of the molecule is CCCN(Cc1cn2cccc(C)c2n1)C1CNC1. The molecule has 1 fully saturated rings. The lowest BCUT2D eigenvalue weighted by Gasteiger charge is -2.37. The molecule has 3 heterocycles. The Labute approximate surface area is 114 Å². The van der Waals surface area contributed by atoms with Crippen LogP contribution in [0.25, 0.3) is 5.65 Å². The standard InChI is InChI=1S/C15H22N4/c1-3-6-18(14-8-16-9-14)10-13-11-19-7-4-5-12(2)15(19)17-13/h4-5,7,11,14,16H,3,6,8-10H2,1-2H3. The number of fused-ring (bicyclic) bond motifs is 1. The van der Waals surface area contributed by atoms with Crippen LogP contribution in [0.15, 0.2) is 24.5 Å². The lowest BCUT2D eigenvalue weighted by Crippen LogP contribution is -2.57. The summed E-state index contributed by atoms with van der Waals surface area (Å²) < 4.78 is 2.13. The van der Waals surface area contributed by atoms with Crippen molar-refractivity contribution in [2.75, 3.05) is 19.6 Å². The molecule has 3 rings (SSSR count). The zero-order valence-electron chi connectivity index (χ0n) is 11.8. The lowest BCUT2D eigenvalue weighted by atomic mass is 10.1. The molecule has 0 aliphatic carbocycles. The number of aryl methyl sites for hydroxylation is 1. The monoisotopic (exact) mass is 258 g/mol. The second kappa shape index (κ2) is 5.31. The number of imidazole rings is 1. The third-order valence-corrected chi connectivity index (χ3v) is 3.88. The molecule has 0 spiro atoms. The van der Waals surface area contributed by atoms with Crippen LogP contribution >= 0.6 is 0 Å². The molecule has 0 aromatic carbocycles. The number of hydrogen-bond acceptors (Lipinski definition) is 3. The van der Waals surface area contributed by atoms with Gasteiger partial charge in [0.25, 0.3) is 0 Å². The van der Waals surface area contributed by atoms with Crippen LogP contribution < -0.4 is 5.32 Å². The van der Waals surface area contributed by atoms with E-state index in [9.17, 15) is 0 Å². The Balaban J connectivity index is 1.80. The molecule has 4 heteroatoms. The summed E-state index contributed by atoms with van der Waals surface area (Å²) in [6, 6.07) is 4.88. The Hall–Kier alpha value is -1.39. The molecule has 0 radical (unpaired) electrons. The van der Waals surface area contributed by atoms with E-state index in [4.69, 9.17) is 4.98 Å². The zero-order chi connectivity index (χ0) is 13.2. The van der Waals surface area contributed by atoms with Gasteiger partial charge in [-0.15, -0.1) is 0 Å². The first kappa shape index (κ1) is 12.6. The normalized spacial score (nSPS) is 16.2. The highest BCUT2D eigenvalue weighted by molar-refractivity contribution is 5.47. The summed E-state index contributed by atoms with van der Waals surface area (Å²) in [4.78, 5) is 7.33. The molecule has 1 N–H and O–H groups in total. The summed E-state index contributed by atoms with van der Waals surface area (Å²) in [6.45, 7) is 8.71. The van der Waals surface area contributed by atoms with E-state index in [-0.39, 0.29) is 0 Å². The Morgan fingerprint density at radius 2 is 2.32 bits per heavy atom. The number of hydrogen-bond donors (Lipinski definition) is 1. The number of aromatic nitrogens is 2. The lowest BCUT2D eigenvalue weighted by molar-refractivity contribution is 0.136. The maximum Gasteiger partial charge on any atom is 0.139 e. The van der Waals surface area contributed by atoms with Gasteiger partial charge in [0.1, 0.15) is 5.65 Å². The van der Waals surface area contributed by atoms with Crippen LogP contribution in [-0.2, 0) is 6.54 Å². The van der Waals surface area contributed by atoms with Crippen molar-refractivity contribution in [3.8, 4) is 0 Å². The van der Waals surface area contributed by atoms with Crippen molar-refractivity contribution in [2.45, 2.75) is 32.9 Å². The molecule has 4 nitrogen and oxygen atoms in total. The Kier molecular flexibility index (Phi) is 3.53. The van der Waals surface area contributed by atoms with E-state index in [1.54, 1.807) is 0 Å². The average Bonchev–Trinajstić information content (AvgIpc) is 2.71. The highest BCUT2D eigenvalue weighted by atomic mass is 15.2. The van der Waals surface area contributed by atoms with Gasteiger partial charge in [0.2, 0.25) is 0 Å². The summed E-state index contributed by atoms with van der Waals surface area (Å²) in [6.07, 6.45) is 5.44. The first-order valence-corrected chi connectivity index (χ1v) is 7.16. The first-order valence-electron chi connectivity index (χ1n) is 7.16. The number of nitrogens with one attached hydrogen (secondary N) is 1. The van der Waals surface area contributed by atoms with Crippen molar-refractivity contribution in [2.24, 2.45) is 0 Å². The van der Waals surface area contributed by atoms with Gasteiger partial charge in [-0.05, 0) is 31.5 Å². The van der Waals surface area contributed by atoms with E-state index in [0.717, 1.165) is 31.8 Å². The van der Waals surface area contributed by atoms with E-state index in [0.29, 0.717) is 6.04 Å². The van der Waals surface area contributed by atoms with Crippen molar-refractivity contribution in [3.63, 3.8) is 0 Å². The number of pyridine rings is 1. The molecule has 0 saturated carbocycles. The van der Waals surface area contributed by atoms with E-state index in [2.05, 4.69) is 53.0 Å². The molecular formula is C15H22N4. The van der Waals surface area contributed by atoms with Crippen LogP contribution in [0.1, 0.15) is 24.6 Å². The Morgan fingerprint density at radius 3 is 2.95 bits per heavy atom. The molecule has 1 aliphatic heterocycles. The van der Waals surface area contributed by atoms with Gasteiger partial charge in [-0.1, -0.05) is 13.0 Å². The molecule has 1 saturated heterocycles. The molecule has 1 aliphatic rings. The zero-order valence-corrected chi connectivity index (χ0v) is 11.8. The maximum atomic E-state index is 4.78. The van der Waals surface area contributed by atoms with Gasteiger partial charge in [-0.2, -0.15) is 0 Å². The molecule has 102 valence electrons. The minimum atomic E-state index is 0.686. The van der Waals surface area contributed by atoms with Crippen LogP contribution in [0.5, 0.6) is 0 Å². The van der Waals surface area contributed by atoms with Gasteiger partial charge in [0.05, 0.1) is 5.69 Å². The molecule has 0 atom stereocenters. The van der Waals surface area contributed by atoms with Crippen molar-refractivity contribution in [1.29, 1.82) is 0 Å². The van der Waals surface area contributed by atoms with Crippen LogP contribution in [0.4, 0.5) is 0 Å². The first-order chi connectivity index (χ1) is 9.28. The predicted octanol–water partition coefficient (Wildman–Crippen LogP) is 1.83. The van der Waals surface area contributed by atoms with Crippen LogP contribution in [0.2, 0.25) is 0 Å². The summed E-state index contributed by atoms with van der Waals surface area (Å²) in [5.74, 6) is 0. The quantitative estimate of drug-likeness (QED) is 0.888. The van der Waals surface area contributed by atoms with Gasteiger partial charge in [-0.3, -0.25) is 4.90 Å². The summed E-state index contributed by atoms with van der Waals surface area (Å²) in [5, 5.41) is 3.35. The minimum absolute atomic E-state index is 0.686. The fourth-order valence-electron chi connectivity index (χ4n) is 2.70. The van der Waals surface area contributed by atoms with Crippen molar-refractivity contribution < 1.29 is 0 Å². The van der Waals surface area contributed by atoms with E-state index >= 15 is 0 Å². The van der Waals surface area contributed by atoms with Gasteiger partial charge in [-0.25, -0.2) is 4.98 Å². The largest absolute Gasteiger partial charge is 0.314 e. The Bertz CT molecular complexity index is 556. The molecule has 0 unspecified atom stereocenters. The topological polar surface area (TPSA) is 32.6 Å². The smallest absolute Gasteiger partial charge is 0.139 e. The van der Waals surface area contributed by atoms with Crippen molar-refractivity contribution in [3.05, 3.63) is 35.8 Å².